The number of hydrogen-bond donors (Lipinski definition) is 0. The average Bonchev–Trinajstić information content (AvgIpc) is 2.31. The van der Waals surface area contributed by atoms with Crippen molar-refractivity contribution in [2.75, 3.05) is 6.61 Å². The minimum Gasteiger partial charge on any atom is -0.465 e. The Labute approximate surface area is 104 Å². The molecule has 1 unspecified atom stereocenters. The monoisotopic (exact) mass is 240 g/mol. The summed E-state index contributed by atoms with van der Waals surface area (Å²) in [5.41, 5.74) is 0. The van der Waals surface area contributed by atoms with Gasteiger partial charge in [-0.1, -0.05) is 26.7 Å². The molecule has 1 saturated carbocycles. The fourth-order valence-electron chi connectivity index (χ4n) is 2.56. The third-order valence-corrected chi connectivity index (χ3v) is 3.74. The Morgan fingerprint density at radius 1 is 1.18 bits per heavy atom. The molecule has 0 heterocycles. The summed E-state index contributed by atoms with van der Waals surface area (Å²) in [5, 5.41) is 0. The van der Waals surface area contributed by atoms with Gasteiger partial charge in [0.25, 0.3) is 0 Å². The first-order chi connectivity index (χ1) is 8.10. The second kappa shape index (κ2) is 6.77. The number of carbonyl (C=O) groups excluding carboxylic acids is 2. The van der Waals surface area contributed by atoms with Gasteiger partial charge in [-0.25, -0.2) is 0 Å². The maximum Gasteiger partial charge on any atom is 0.316 e. The molecule has 0 radical (unpaired) electrons. The van der Waals surface area contributed by atoms with Gasteiger partial charge in [-0.2, -0.15) is 0 Å². The van der Waals surface area contributed by atoms with Crippen LogP contribution < -0.4 is 0 Å². The zero-order valence-corrected chi connectivity index (χ0v) is 11.2. The van der Waals surface area contributed by atoms with Gasteiger partial charge in [0.2, 0.25) is 0 Å². The molecular formula is C14H24O3. The smallest absolute Gasteiger partial charge is 0.316 e. The standard InChI is InChI=1S/C14H24O3/c1-4-12(14(16)17-5-2)13(15)11-8-6-10(3)7-9-11/h10-12H,4-9H2,1-3H3. The molecule has 1 atom stereocenters. The highest BCUT2D eigenvalue weighted by Gasteiger charge is 2.33. The van der Waals surface area contributed by atoms with Crippen LogP contribution in [0, 0.1) is 17.8 Å². The van der Waals surface area contributed by atoms with Gasteiger partial charge in [-0.15, -0.1) is 0 Å². The minimum absolute atomic E-state index is 0.0838. The molecule has 0 bridgehead atoms. The lowest BCUT2D eigenvalue weighted by molar-refractivity contribution is -0.153. The van der Waals surface area contributed by atoms with E-state index in [0.29, 0.717) is 13.0 Å². The summed E-state index contributed by atoms with van der Waals surface area (Å²) in [5.74, 6) is 0.0482. The van der Waals surface area contributed by atoms with Crippen LogP contribution in [0.1, 0.15) is 52.9 Å². The molecule has 0 aromatic rings. The maximum atomic E-state index is 12.3. The molecule has 0 aliphatic heterocycles. The van der Waals surface area contributed by atoms with Crippen LogP contribution in [-0.2, 0) is 14.3 Å². The maximum absolute atomic E-state index is 12.3. The van der Waals surface area contributed by atoms with E-state index in [1.807, 2.05) is 6.92 Å². The Bertz CT molecular complexity index is 265. The van der Waals surface area contributed by atoms with Crippen LogP contribution in [0.5, 0.6) is 0 Å². The molecule has 0 aromatic heterocycles. The van der Waals surface area contributed by atoms with Crippen molar-refractivity contribution >= 4 is 11.8 Å². The number of ketones is 1. The topological polar surface area (TPSA) is 43.4 Å². The molecule has 0 N–H and O–H groups in total. The number of ether oxygens (including phenoxy) is 1. The largest absolute Gasteiger partial charge is 0.465 e. The van der Waals surface area contributed by atoms with E-state index in [0.717, 1.165) is 31.6 Å². The number of Topliss-reactive ketones (excluding diaryl/α,β-unsaturated/α-hetero) is 1. The molecule has 3 nitrogen and oxygen atoms in total. The van der Waals surface area contributed by atoms with Crippen molar-refractivity contribution in [2.24, 2.45) is 17.8 Å². The quantitative estimate of drug-likeness (QED) is 0.548. The summed E-state index contributed by atoms with van der Waals surface area (Å²) < 4.78 is 4.97. The van der Waals surface area contributed by atoms with Crippen LogP contribution in [0.2, 0.25) is 0 Å². The minimum atomic E-state index is -0.534. The van der Waals surface area contributed by atoms with Gasteiger partial charge >= 0.3 is 5.97 Å². The van der Waals surface area contributed by atoms with E-state index in [1.165, 1.54) is 0 Å². The average molecular weight is 240 g/mol. The predicted octanol–water partition coefficient (Wildman–Crippen LogP) is 2.97. The van der Waals surface area contributed by atoms with Crippen molar-refractivity contribution in [2.45, 2.75) is 52.9 Å². The number of carbonyl (C=O) groups is 2. The Morgan fingerprint density at radius 2 is 1.76 bits per heavy atom. The van der Waals surface area contributed by atoms with Crippen molar-refractivity contribution in [1.82, 2.24) is 0 Å². The Morgan fingerprint density at radius 3 is 2.24 bits per heavy atom. The van der Waals surface area contributed by atoms with Crippen LogP contribution in [0.4, 0.5) is 0 Å². The van der Waals surface area contributed by atoms with Crippen molar-refractivity contribution in [1.29, 1.82) is 0 Å². The molecule has 1 aliphatic carbocycles. The third-order valence-electron chi connectivity index (χ3n) is 3.74. The summed E-state index contributed by atoms with van der Waals surface area (Å²) >= 11 is 0. The molecular weight excluding hydrogens is 216 g/mol. The van der Waals surface area contributed by atoms with Crippen LogP contribution in [0.3, 0.4) is 0 Å². The van der Waals surface area contributed by atoms with Gasteiger partial charge in [0.15, 0.2) is 0 Å². The normalized spacial score (nSPS) is 26.3. The molecule has 0 aromatic carbocycles. The van der Waals surface area contributed by atoms with Crippen molar-refractivity contribution in [3.8, 4) is 0 Å². The van der Waals surface area contributed by atoms with Crippen LogP contribution in [0.25, 0.3) is 0 Å². The van der Waals surface area contributed by atoms with Crippen molar-refractivity contribution in [3.63, 3.8) is 0 Å². The van der Waals surface area contributed by atoms with E-state index >= 15 is 0 Å². The van der Waals surface area contributed by atoms with Gasteiger partial charge in [-0.05, 0) is 32.1 Å². The summed E-state index contributed by atoms with van der Waals surface area (Å²) in [4.78, 5) is 23.9. The fraction of sp³-hybridized carbons (Fsp3) is 0.857. The summed E-state index contributed by atoms with van der Waals surface area (Å²) in [7, 11) is 0. The highest BCUT2D eigenvalue weighted by atomic mass is 16.5. The molecule has 1 rings (SSSR count). The molecule has 0 saturated heterocycles. The Balaban J connectivity index is 2.56. The van der Waals surface area contributed by atoms with Gasteiger partial charge in [0.1, 0.15) is 11.7 Å². The van der Waals surface area contributed by atoms with Crippen LogP contribution in [0.15, 0.2) is 0 Å². The fourth-order valence-corrected chi connectivity index (χ4v) is 2.56. The van der Waals surface area contributed by atoms with Gasteiger partial charge in [-0.3, -0.25) is 9.59 Å². The van der Waals surface area contributed by atoms with Gasteiger partial charge in [0.05, 0.1) is 6.61 Å². The van der Waals surface area contributed by atoms with E-state index in [-0.39, 0.29) is 17.7 Å². The van der Waals surface area contributed by atoms with Crippen LogP contribution >= 0.6 is 0 Å². The Hall–Kier alpha value is -0.860. The van der Waals surface area contributed by atoms with E-state index in [2.05, 4.69) is 6.92 Å². The zero-order chi connectivity index (χ0) is 12.8. The summed E-state index contributed by atoms with van der Waals surface area (Å²) in [6.45, 7) is 6.23. The molecule has 1 aliphatic rings. The van der Waals surface area contributed by atoms with Crippen molar-refractivity contribution in [3.05, 3.63) is 0 Å². The first-order valence-electron chi connectivity index (χ1n) is 6.80. The van der Waals surface area contributed by atoms with Crippen LogP contribution in [-0.4, -0.2) is 18.4 Å². The second-order valence-electron chi connectivity index (χ2n) is 5.07. The van der Waals surface area contributed by atoms with Gasteiger partial charge in [0, 0.05) is 5.92 Å². The molecule has 3 heteroatoms. The molecule has 17 heavy (non-hydrogen) atoms. The number of esters is 1. The van der Waals surface area contributed by atoms with Gasteiger partial charge < -0.3 is 4.74 Å². The highest BCUT2D eigenvalue weighted by molar-refractivity contribution is 6.00. The highest BCUT2D eigenvalue weighted by Crippen LogP contribution is 2.31. The SMILES string of the molecule is CCOC(=O)C(CC)C(=O)C1CCC(C)CC1. The zero-order valence-electron chi connectivity index (χ0n) is 11.2. The van der Waals surface area contributed by atoms with Crippen molar-refractivity contribution < 1.29 is 14.3 Å². The lowest BCUT2D eigenvalue weighted by Gasteiger charge is -2.27. The summed E-state index contributed by atoms with van der Waals surface area (Å²) in [6, 6.07) is 0. The predicted molar refractivity (Wildman–Crippen MR) is 66.5 cm³/mol. The molecule has 98 valence electrons. The lowest BCUT2D eigenvalue weighted by Crippen LogP contribution is -2.32. The van der Waals surface area contributed by atoms with E-state index in [4.69, 9.17) is 4.74 Å². The summed E-state index contributed by atoms with van der Waals surface area (Å²) in [6.07, 6.45) is 4.65. The lowest BCUT2D eigenvalue weighted by atomic mass is 9.77. The molecule has 1 fully saturated rings. The van der Waals surface area contributed by atoms with E-state index < -0.39 is 5.92 Å². The molecule has 0 spiro atoms. The first-order valence-corrected chi connectivity index (χ1v) is 6.80. The van der Waals surface area contributed by atoms with E-state index in [1.54, 1.807) is 6.92 Å². The van der Waals surface area contributed by atoms with E-state index in [9.17, 15) is 9.59 Å². The number of rotatable bonds is 5. The molecule has 0 amide bonds. The second-order valence-corrected chi connectivity index (χ2v) is 5.07. The number of hydrogen-bond acceptors (Lipinski definition) is 3. The Kier molecular flexibility index (Phi) is 5.66. The third kappa shape index (κ3) is 3.83. The first kappa shape index (κ1) is 14.2.